The number of carboxylic acid groups (broad SMARTS) is 1. The molecule has 0 spiro atoms. The summed E-state index contributed by atoms with van der Waals surface area (Å²) in [7, 11) is 1.65. The molecule has 6 aromatic rings. The van der Waals surface area contributed by atoms with Gasteiger partial charge in [0.2, 0.25) is 0 Å². The third kappa shape index (κ3) is 5.75. The first kappa shape index (κ1) is 29.4. The molecule has 0 radical (unpaired) electrons. The second-order valence-corrected chi connectivity index (χ2v) is 11.8. The molecule has 1 aromatic heterocycles. The molecule has 0 saturated carbocycles. The van der Waals surface area contributed by atoms with Crippen LogP contribution in [0.25, 0.3) is 10.9 Å². The molecule has 0 amide bonds. The van der Waals surface area contributed by atoms with Crippen LogP contribution >= 0.6 is 0 Å². The van der Waals surface area contributed by atoms with E-state index in [0.717, 1.165) is 38.9 Å². The van der Waals surface area contributed by atoms with E-state index in [1.165, 1.54) is 5.56 Å². The molecular formula is C40H36N2O4. The van der Waals surface area contributed by atoms with E-state index in [2.05, 4.69) is 70.1 Å². The van der Waals surface area contributed by atoms with Crippen LogP contribution in [0, 0.1) is 0 Å². The fourth-order valence-electron chi connectivity index (χ4n) is 6.79. The van der Waals surface area contributed by atoms with Gasteiger partial charge in [-0.15, -0.1) is 0 Å². The number of carboxylic acids is 1. The second-order valence-electron chi connectivity index (χ2n) is 11.8. The molecule has 1 aliphatic heterocycles. The number of aliphatic carboxylic acids is 1. The molecule has 0 bridgehead atoms. The highest BCUT2D eigenvalue weighted by Crippen LogP contribution is 2.45. The van der Waals surface area contributed by atoms with Gasteiger partial charge in [0.1, 0.15) is 12.6 Å². The average molecular weight is 609 g/mol. The van der Waals surface area contributed by atoms with Crippen molar-refractivity contribution < 1.29 is 19.4 Å². The molecule has 0 aliphatic carbocycles. The normalized spacial score (nSPS) is 16.2. The van der Waals surface area contributed by atoms with E-state index < -0.39 is 12.0 Å². The number of fused-ring (bicyclic) bond motifs is 3. The van der Waals surface area contributed by atoms with Crippen LogP contribution in [-0.4, -0.2) is 33.7 Å². The van der Waals surface area contributed by atoms with E-state index in [1.54, 1.807) is 7.11 Å². The summed E-state index contributed by atoms with van der Waals surface area (Å²) < 4.78 is 14.5. The summed E-state index contributed by atoms with van der Waals surface area (Å²) in [6.07, 6.45) is 0.408. The van der Waals surface area contributed by atoms with Gasteiger partial charge in [-0.2, -0.15) is 0 Å². The molecule has 1 aliphatic rings. The Morgan fingerprint density at radius 3 is 2.00 bits per heavy atom. The molecule has 0 saturated heterocycles. The minimum atomic E-state index is -0.832. The van der Waals surface area contributed by atoms with Crippen molar-refractivity contribution in [2.75, 3.05) is 7.11 Å². The maximum absolute atomic E-state index is 13.1. The standard InChI is InChI=1S/C40H36N2O4/c1-45-37-23-31(21-22-36(37)46-27-30-17-9-4-10-18-30)38-39-33(24-35(40(43)44)42(38)26-29-15-7-3-8-16-29)32-19-11-12-20-34(32)41(39)25-28-13-5-2-6-14-28/h2-23,35,38H,24-27H2,1H3,(H,43,44)/t35-,38-/m0/s1. The SMILES string of the molecule is COc1cc([C@H]2c3c(c4ccccc4n3Cc3ccccc3)C[C@@H](C(=O)O)N2Cc2ccccc2)ccc1OCc1ccccc1. The maximum Gasteiger partial charge on any atom is 0.321 e. The smallest absolute Gasteiger partial charge is 0.321 e. The number of hydrogen-bond acceptors (Lipinski definition) is 4. The van der Waals surface area contributed by atoms with Crippen molar-refractivity contribution in [1.29, 1.82) is 0 Å². The lowest BCUT2D eigenvalue weighted by Gasteiger charge is -2.41. The Hall–Kier alpha value is -5.33. The molecule has 0 unspecified atom stereocenters. The molecule has 6 nitrogen and oxygen atoms in total. The first-order valence-electron chi connectivity index (χ1n) is 15.6. The molecule has 2 atom stereocenters. The highest BCUT2D eigenvalue weighted by atomic mass is 16.5. The molecule has 2 heterocycles. The van der Waals surface area contributed by atoms with Gasteiger partial charge in [0.15, 0.2) is 11.5 Å². The Bertz CT molecular complexity index is 1950. The first-order chi connectivity index (χ1) is 22.6. The Kier molecular flexibility index (Phi) is 8.28. The van der Waals surface area contributed by atoms with Gasteiger partial charge >= 0.3 is 5.97 Å². The number of methoxy groups -OCH3 is 1. The maximum atomic E-state index is 13.1. The van der Waals surface area contributed by atoms with E-state index in [-0.39, 0.29) is 6.04 Å². The van der Waals surface area contributed by atoms with Crippen molar-refractivity contribution in [2.45, 2.75) is 38.2 Å². The summed E-state index contributed by atoms with van der Waals surface area (Å²) >= 11 is 0. The van der Waals surface area contributed by atoms with Crippen molar-refractivity contribution in [2.24, 2.45) is 0 Å². The van der Waals surface area contributed by atoms with Crippen molar-refractivity contribution in [3.8, 4) is 11.5 Å². The average Bonchev–Trinajstić information content (AvgIpc) is 3.41. The Morgan fingerprint density at radius 1 is 0.739 bits per heavy atom. The van der Waals surface area contributed by atoms with Gasteiger partial charge in [0.05, 0.1) is 13.2 Å². The van der Waals surface area contributed by atoms with Crippen LogP contribution in [0.2, 0.25) is 0 Å². The number of ether oxygens (including phenoxy) is 2. The van der Waals surface area contributed by atoms with Crippen LogP contribution < -0.4 is 9.47 Å². The highest BCUT2D eigenvalue weighted by Gasteiger charge is 2.42. The molecule has 46 heavy (non-hydrogen) atoms. The lowest BCUT2D eigenvalue weighted by Crippen LogP contribution is -2.48. The molecule has 0 fully saturated rings. The van der Waals surface area contributed by atoms with Gasteiger partial charge in [0.25, 0.3) is 0 Å². The quantitative estimate of drug-likeness (QED) is 0.171. The van der Waals surface area contributed by atoms with Crippen LogP contribution in [-0.2, 0) is 30.9 Å². The van der Waals surface area contributed by atoms with Crippen molar-refractivity contribution in [1.82, 2.24) is 9.47 Å². The number of benzene rings is 5. The topological polar surface area (TPSA) is 63.9 Å². The minimum Gasteiger partial charge on any atom is -0.493 e. The zero-order chi connectivity index (χ0) is 31.5. The molecule has 230 valence electrons. The molecule has 7 rings (SSSR count). The van der Waals surface area contributed by atoms with Gasteiger partial charge in [0, 0.05) is 36.1 Å². The Morgan fingerprint density at radius 2 is 1.35 bits per heavy atom. The largest absolute Gasteiger partial charge is 0.493 e. The molecule has 5 aromatic carbocycles. The van der Waals surface area contributed by atoms with Crippen molar-refractivity contribution in [3.63, 3.8) is 0 Å². The van der Waals surface area contributed by atoms with Gasteiger partial charge < -0.3 is 19.1 Å². The van der Waals surface area contributed by atoms with Gasteiger partial charge in [-0.1, -0.05) is 115 Å². The monoisotopic (exact) mass is 608 g/mol. The van der Waals surface area contributed by atoms with Gasteiger partial charge in [-0.3, -0.25) is 9.69 Å². The molecule has 6 heteroatoms. The Balaban J connectivity index is 1.40. The summed E-state index contributed by atoms with van der Waals surface area (Å²) in [4.78, 5) is 15.2. The van der Waals surface area contributed by atoms with Crippen LogP contribution in [0.1, 0.15) is 39.6 Å². The summed E-state index contributed by atoms with van der Waals surface area (Å²) in [5.74, 6) is 0.416. The highest BCUT2D eigenvalue weighted by molar-refractivity contribution is 5.88. The van der Waals surface area contributed by atoms with Gasteiger partial charge in [-0.05, 0) is 46.0 Å². The summed E-state index contributed by atoms with van der Waals surface area (Å²) in [5, 5.41) is 11.8. The number of carbonyl (C=O) groups is 1. The number of rotatable bonds is 10. The Labute approximate surface area is 269 Å². The van der Waals surface area contributed by atoms with E-state index in [1.807, 2.05) is 72.8 Å². The fourth-order valence-corrected chi connectivity index (χ4v) is 6.79. The third-order valence-electron chi connectivity index (χ3n) is 8.93. The predicted molar refractivity (Wildman–Crippen MR) is 180 cm³/mol. The number of para-hydroxylation sites is 1. The fraction of sp³-hybridized carbons (Fsp3) is 0.175. The van der Waals surface area contributed by atoms with E-state index >= 15 is 0 Å². The van der Waals surface area contributed by atoms with Crippen molar-refractivity contribution in [3.05, 3.63) is 167 Å². The van der Waals surface area contributed by atoms with Crippen LogP contribution in [0.3, 0.4) is 0 Å². The van der Waals surface area contributed by atoms with E-state index in [4.69, 9.17) is 9.47 Å². The third-order valence-corrected chi connectivity index (χ3v) is 8.93. The van der Waals surface area contributed by atoms with Gasteiger partial charge in [-0.25, -0.2) is 0 Å². The summed E-state index contributed by atoms with van der Waals surface area (Å²) in [5.41, 5.74) is 7.54. The lowest BCUT2D eigenvalue weighted by atomic mass is 9.87. The summed E-state index contributed by atoms with van der Waals surface area (Å²) in [6.45, 7) is 1.56. The van der Waals surface area contributed by atoms with E-state index in [9.17, 15) is 9.90 Å². The number of hydrogen-bond donors (Lipinski definition) is 1. The molecular weight excluding hydrogens is 572 g/mol. The molecule has 1 N–H and O–H groups in total. The predicted octanol–water partition coefficient (Wildman–Crippen LogP) is 7.88. The zero-order valence-electron chi connectivity index (χ0n) is 25.8. The first-order valence-corrected chi connectivity index (χ1v) is 15.6. The van der Waals surface area contributed by atoms with Crippen LogP contribution in [0.4, 0.5) is 0 Å². The second kappa shape index (κ2) is 13.0. The van der Waals surface area contributed by atoms with Crippen LogP contribution in [0.15, 0.2) is 133 Å². The number of nitrogens with zero attached hydrogens (tertiary/aromatic N) is 2. The zero-order valence-corrected chi connectivity index (χ0v) is 25.8. The van der Waals surface area contributed by atoms with Crippen molar-refractivity contribution >= 4 is 16.9 Å². The summed E-state index contributed by atoms with van der Waals surface area (Å²) in [6, 6.07) is 43.9. The van der Waals surface area contributed by atoms with Crippen LogP contribution in [0.5, 0.6) is 11.5 Å². The lowest BCUT2D eigenvalue weighted by molar-refractivity contribution is -0.144. The van der Waals surface area contributed by atoms with E-state index in [0.29, 0.717) is 37.6 Å². The number of aromatic nitrogens is 1. The minimum absolute atomic E-state index is 0.363.